The number of carbonyl (C=O) groups is 1. The molecule has 5 nitrogen and oxygen atoms in total. The molecule has 1 aliphatic heterocycles. The van der Waals surface area contributed by atoms with Crippen LogP contribution in [0.4, 0.5) is 0 Å². The topological polar surface area (TPSA) is 57.1 Å². The fourth-order valence-electron chi connectivity index (χ4n) is 3.04. The fourth-order valence-corrected chi connectivity index (χ4v) is 3.23. The van der Waals surface area contributed by atoms with Gasteiger partial charge in [0.2, 0.25) is 5.90 Å². The van der Waals surface area contributed by atoms with E-state index in [0.29, 0.717) is 35.6 Å². The third-order valence-corrected chi connectivity index (χ3v) is 4.92. The quantitative estimate of drug-likeness (QED) is 0.356. The zero-order valence-corrected chi connectivity index (χ0v) is 17.6. The van der Waals surface area contributed by atoms with Gasteiger partial charge in [-0.3, -0.25) is 0 Å². The number of benzene rings is 3. The molecule has 0 bridgehead atoms. The SMILES string of the molecule is CCOc1cc(/C=C2\N=C(c3ccccc3)OC2=O)ccc1OCc1ccccc1Cl. The monoisotopic (exact) mass is 433 g/mol. The Bertz CT molecular complexity index is 1160. The van der Waals surface area contributed by atoms with Gasteiger partial charge in [-0.2, -0.15) is 0 Å². The number of carbonyl (C=O) groups excluding carboxylic acids is 1. The highest BCUT2D eigenvalue weighted by Gasteiger charge is 2.24. The Balaban J connectivity index is 1.56. The van der Waals surface area contributed by atoms with Crippen molar-refractivity contribution in [2.24, 2.45) is 4.99 Å². The molecule has 0 saturated heterocycles. The highest BCUT2D eigenvalue weighted by atomic mass is 35.5. The maximum Gasteiger partial charge on any atom is 0.363 e. The lowest BCUT2D eigenvalue weighted by molar-refractivity contribution is -0.129. The summed E-state index contributed by atoms with van der Waals surface area (Å²) in [6.07, 6.45) is 1.67. The van der Waals surface area contributed by atoms with Crippen molar-refractivity contribution in [2.75, 3.05) is 6.61 Å². The van der Waals surface area contributed by atoms with Gasteiger partial charge in [-0.1, -0.05) is 54.1 Å². The number of esters is 1. The minimum Gasteiger partial charge on any atom is -0.490 e. The molecule has 3 aromatic rings. The molecule has 4 rings (SSSR count). The highest BCUT2D eigenvalue weighted by Crippen LogP contribution is 2.31. The second kappa shape index (κ2) is 9.49. The average Bonchev–Trinajstić information content (AvgIpc) is 3.15. The first-order valence-corrected chi connectivity index (χ1v) is 10.2. The molecule has 0 fully saturated rings. The molecule has 0 radical (unpaired) electrons. The van der Waals surface area contributed by atoms with Crippen molar-refractivity contribution in [3.05, 3.63) is 100 Å². The van der Waals surface area contributed by atoms with Crippen LogP contribution in [0.1, 0.15) is 23.6 Å². The van der Waals surface area contributed by atoms with Crippen LogP contribution in [0.15, 0.2) is 83.5 Å². The molecule has 6 heteroatoms. The number of halogens is 1. The first kappa shape index (κ1) is 20.7. The van der Waals surface area contributed by atoms with Crippen molar-refractivity contribution < 1.29 is 19.0 Å². The van der Waals surface area contributed by atoms with Crippen LogP contribution >= 0.6 is 11.6 Å². The molecule has 1 heterocycles. The molecule has 3 aromatic carbocycles. The van der Waals surface area contributed by atoms with Gasteiger partial charge in [-0.25, -0.2) is 9.79 Å². The lowest BCUT2D eigenvalue weighted by Gasteiger charge is -2.13. The Morgan fingerprint density at radius 1 is 0.968 bits per heavy atom. The summed E-state index contributed by atoms with van der Waals surface area (Å²) in [6, 6.07) is 22.3. The van der Waals surface area contributed by atoms with E-state index in [0.717, 1.165) is 16.7 Å². The molecule has 156 valence electrons. The van der Waals surface area contributed by atoms with E-state index in [1.54, 1.807) is 12.1 Å². The molecule has 0 spiro atoms. The molecular formula is C25H20ClNO4. The Morgan fingerprint density at radius 3 is 2.52 bits per heavy atom. The Hall–Kier alpha value is -3.57. The van der Waals surface area contributed by atoms with Gasteiger partial charge in [-0.05, 0) is 48.9 Å². The van der Waals surface area contributed by atoms with Crippen LogP contribution < -0.4 is 9.47 Å². The van der Waals surface area contributed by atoms with Crippen LogP contribution in [0.5, 0.6) is 11.5 Å². The maximum atomic E-state index is 12.3. The van der Waals surface area contributed by atoms with Crippen molar-refractivity contribution in [1.29, 1.82) is 0 Å². The van der Waals surface area contributed by atoms with Crippen LogP contribution in [0, 0.1) is 0 Å². The summed E-state index contributed by atoms with van der Waals surface area (Å²) in [6.45, 7) is 2.69. The Morgan fingerprint density at radius 2 is 1.74 bits per heavy atom. The number of cyclic esters (lactones) is 1. The third-order valence-electron chi connectivity index (χ3n) is 4.55. The molecule has 0 amide bonds. The zero-order chi connectivity index (χ0) is 21.6. The van der Waals surface area contributed by atoms with Crippen molar-refractivity contribution in [2.45, 2.75) is 13.5 Å². The van der Waals surface area contributed by atoms with E-state index in [1.807, 2.05) is 73.7 Å². The van der Waals surface area contributed by atoms with E-state index < -0.39 is 5.97 Å². The number of hydrogen-bond acceptors (Lipinski definition) is 5. The number of nitrogens with zero attached hydrogens (tertiary/aromatic N) is 1. The summed E-state index contributed by atoms with van der Waals surface area (Å²) in [5.41, 5.74) is 2.61. The first-order chi connectivity index (χ1) is 15.1. The van der Waals surface area contributed by atoms with Gasteiger partial charge >= 0.3 is 5.97 Å². The molecule has 0 atom stereocenters. The number of aliphatic imine (C=N–C) groups is 1. The smallest absolute Gasteiger partial charge is 0.363 e. The lowest BCUT2D eigenvalue weighted by Crippen LogP contribution is -2.05. The summed E-state index contributed by atoms with van der Waals surface area (Å²) < 4.78 is 17.0. The van der Waals surface area contributed by atoms with Crippen molar-refractivity contribution in [3.63, 3.8) is 0 Å². The Kier molecular flexibility index (Phi) is 6.34. The molecule has 0 aromatic heterocycles. The van der Waals surface area contributed by atoms with Crippen molar-refractivity contribution in [3.8, 4) is 11.5 Å². The van der Waals surface area contributed by atoms with Crippen LogP contribution in [-0.2, 0) is 16.1 Å². The minimum absolute atomic E-state index is 0.228. The van der Waals surface area contributed by atoms with E-state index in [1.165, 1.54) is 0 Å². The van der Waals surface area contributed by atoms with E-state index in [4.69, 9.17) is 25.8 Å². The molecule has 0 N–H and O–H groups in total. The van der Waals surface area contributed by atoms with Gasteiger partial charge in [0, 0.05) is 16.1 Å². The fraction of sp³-hybridized carbons (Fsp3) is 0.120. The molecule has 0 saturated carbocycles. The largest absolute Gasteiger partial charge is 0.490 e. The number of rotatable bonds is 7. The second-order valence-corrected chi connectivity index (χ2v) is 7.13. The van der Waals surface area contributed by atoms with Crippen LogP contribution in [0.25, 0.3) is 6.08 Å². The van der Waals surface area contributed by atoms with E-state index >= 15 is 0 Å². The molecule has 1 aliphatic rings. The number of ether oxygens (including phenoxy) is 3. The molecule has 0 aliphatic carbocycles. The average molecular weight is 434 g/mol. The van der Waals surface area contributed by atoms with Gasteiger partial charge < -0.3 is 14.2 Å². The molecule has 31 heavy (non-hydrogen) atoms. The number of hydrogen-bond donors (Lipinski definition) is 0. The van der Waals surface area contributed by atoms with Crippen LogP contribution in [0.2, 0.25) is 5.02 Å². The van der Waals surface area contributed by atoms with Crippen LogP contribution in [-0.4, -0.2) is 18.5 Å². The van der Waals surface area contributed by atoms with Crippen molar-refractivity contribution >= 4 is 29.5 Å². The summed E-state index contributed by atoms with van der Waals surface area (Å²) in [5.74, 6) is 0.964. The summed E-state index contributed by atoms with van der Waals surface area (Å²) in [7, 11) is 0. The van der Waals surface area contributed by atoms with Gasteiger partial charge in [0.1, 0.15) is 6.61 Å². The molecular weight excluding hydrogens is 414 g/mol. The minimum atomic E-state index is -0.490. The summed E-state index contributed by atoms with van der Waals surface area (Å²) in [4.78, 5) is 16.6. The molecule has 0 unspecified atom stereocenters. The third kappa shape index (κ3) is 4.95. The first-order valence-electron chi connectivity index (χ1n) is 9.85. The maximum absolute atomic E-state index is 12.3. The van der Waals surface area contributed by atoms with E-state index in [2.05, 4.69) is 4.99 Å². The Labute approximate surface area is 185 Å². The van der Waals surface area contributed by atoms with Gasteiger partial charge in [0.05, 0.1) is 6.61 Å². The zero-order valence-electron chi connectivity index (χ0n) is 16.9. The predicted molar refractivity (Wildman–Crippen MR) is 120 cm³/mol. The normalized spacial score (nSPS) is 14.3. The highest BCUT2D eigenvalue weighted by molar-refractivity contribution is 6.31. The lowest BCUT2D eigenvalue weighted by atomic mass is 10.1. The van der Waals surface area contributed by atoms with Crippen LogP contribution in [0.3, 0.4) is 0 Å². The predicted octanol–water partition coefficient (Wildman–Crippen LogP) is 5.66. The summed E-state index contributed by atoms with van der Waals surface area (Å²) in [5, 5.41) is 0.647. The van der Waals surface area contributed by atoms with Crippen molar-refractivity contribution in [1.82, 2.24) is 0 Å². The van der Waals surface area contributed by atoms with Gasteiger partial charge in [0.15, 0.2) is 17.2 Å². The summed E-state index contributed by atoms with van der Waals surface area (Å²) >= 11 is 6.21. The van der Waals surface area contributed by atoms with E-state index in [9.17, 15) is 4.79 Å². The van der Waals surface area contributed by atoms with Gasteiger partial charge in [-0.15, -0.1) is 0 Å². The van der Waals surface area contributed by atoms with Gasteiger partial charge in [0.25, 0.3) is 0 Å². The van der Waals surface area contributed by atoms with E-state index in [-0.39, 0.29) is 5.70 Å². The standard InChI is InChI=1S/C25H20ClNO4/c1-2-29-23-15-17(12-13-22(23)30-16-19-10-6-7-11-20(19)26)14-21-25(28)31-24(27-21)18-8-4-3-5-9-18/h3-15H,2,16H2,1H3/b21-14-. The second-order valence-electron chi connectivity index (χ2n) is 6.72.